The van der Waals surface area contributed by atoms with E-state index in [-0.39, 0.29) is 18.4 Å². The van der Waals surface area contributed by atoms with Crippen LogP contribution in [0, 0.1) is 0 Å². The maximum atomic E-state index is 11.7. The molecule has 0 radical (unpaired) electrons. The lowest BCUT2D eigenvalue weighted by Crippen LogP contribution is -2.30. The van der Waals surface area contributed by atoms with Gasteiger partial charge in [0.15, 0.2) is 0 Å². The van der Waals surface area contributed by atoms with Crippen molar-refractivity contribution in [3.05, 3.63) is 29.8 Å². The van der Waals surface area contributed by atoms with Gasteiger partial charge in [-0.25, -0.2) is 0 Å². The molecular formula is C15H23N3O2. The van der Waals surface area contributed by atoms with E-state index in [9.17, 15) is 9.59 Å². The number of rotatable bonds is 8. The molecule has 20 heavy (non-hydrogen) atoms. The Labute approximate surface area is 120 Å². The number of hydrogen-bond donors (Lipinski definition) is 3. The lowest BCUT2D eigenvalue weighted by molar-refractivity contribution is -0.119. The number of carbonyl (C=O) groups is 2. The van der Waals surface area contributed by atoms with Crippen molar-refractivity contribution in [3.63, 3.8) is 0 Å². The fraction of sp³-hybridized carbons (Fsp3) is 0.467. The van der Waals surface area contributed by atoms with Crippen molar-refractivity contribution < 1.29 is 9.59 Å². The van der Waals surface area contributed by atoms with Crippen LogP contribution in [0.3, 0.4) is 0 Å². The summed E-state index contributed by atoms with van der Waals surface area (Å²) in [5, 5.41) is 8.59. The van der Waals surface area contributed by atoms with Crippen LogP contribution in [-0.4, -0.2) is 31.4 Å². The largest absolute Gasteiger partial charge is 0.376 e. The summed E-state index contributed by atoms with van der Waals surface area (Å²) in [5.74, 6) is -0.148. The van der Waals surface area contributed by atoms with Crippen LogP contribution in [0.1, 0.15) is 37.0 Å². The highest BCUT2D eigenvalue weighted by Gasteiger charge is 2.05. The average molecular weight is 277 g/mol. The van der Waals surface area contributed by atoms with Gasteiger partial charge in [-0.15, -0.1) is 0 Å². The molecule has 1 aromatic rings. The molecule has 3 N–H and O–H groups in total. The molecule has 0 aliphatic rings. The Morgan fingerprint density at radius 2 is 1.95 bits per heavy atom. The molecule has 0 fully saturated rings. The van der Waals surface area contributed by atoms with E-state index in [1.165, 1.54) is 0 Å². The third-order valence-corrected chi connectivity index (χ3v) is 2.77. The number of amides is 2. The van der Waals surface area contributed by atoms with Crippen LogP contribution in [-0.2, 0) is 4.79 Å². The Kier molecular flexibility index (Phi) is 7.17. The zero-order valence-electron chi connectivity index (χ0n) is 12.2. The molecular weight excluding hydrogens is 254 g/mol. The monoisotopic (exact) mass is 277 g/mol. The van der Waals surface area contributed by atoms with E-state index in [1.54, 1.807) is 18.2 Å². The van der Waals surface area contributed by atoms with Crippen LogP contribution in [0.15, 0.2) is 24.3 Å². The van der Waals surface area contributed by atoms with Crippen molar-refractivity contribution in [2.75, 3.05) is 25.0 Å². The third kappa shape index (κ3) is 5.73. The second-order valence-electron chi connectivity index (χ2n) is 4.50. The van der Waals surface area contributed by atoms with Crippen LogP contribution >= 0.6 is 0 Å². The summed E-state index contributed by atoms with van der Waals surface area (Å²) in [6.07, 6.45) is 2.04. The molecule has 0 atom stereocenters. The number of anilines is 1. The summed E-state index contributed by atoms with van der Waals surface area (Å²) in [4.78, 5) is 23.3. The maximum Gasteiger partial charge on any atom is 0.251 e. The van der Waals surface area contributed by atoms with Crippen molar-refractivity contribution in [3.8, 4) is 0 Å². The lowest BCUT2D eigenvalue weighted by Gasteiger charge is -2.09. The molecule has 0 aliphatic carbocycles. The Morgan fingerprint density at radius 1 is 1.15 bits per heavy atom. The normalized spacial score (nSPS) is 9.90. The van der Waals surface area contributed by atoms with E-state index < -0.39 is 0 Å². The van der Waals surface area contributed by atoms with Crippen molar-refractivity contribution >= 4 is 17.5 Å². The summed E-state index contributed by atoms with van der Waals surface area (Å²) >= 11 is 0. The van der Waals surface area contributed by atoms with Crippen LogP contribution in [0.2, 0.25) is 0 Å². The second kappa shape index (κ2) is 8.96. The van der Waals surface area contributed by atoms with E-state index in [4.69, 9.17) is 0 Å². The fourth-order valence-corrected chi connectivity index (χ4v) is 1.68. The summed E-state index contributed by atoms with van der Waals surface area (Å²) in [5.41, 5.74) is 1.35. The maximum absolute atomic E-state index is 11.7. The molecule has 0 aliphatic heterocycles. The molecule has 0 unspecified atom stereocenters. The molecule has 5 heteroatoms. The first-order valence-corrected chi connectivity index (χ1v) is 7.06. The van der Waals surface area contributed by atoms with E-state index in [2.05, 4.69) is 22.9 Å². The Hall–Kier alpha value is -2.04. The van der Waals surface area contributed by atoms with E-state index in [1.807, 2.05) is 13.0 Å². The predicted molar refractivity (Wildman–Crippen MR) is 80.9 cm³/mol. The van der Waals surface area contributed by atoms with Crippen LogP contribution in [0.5, 0.6) is 0 Å². The Morgan fingerprint density at radius 3 is 2.65 bits per heavy atom. The summed E-state index contributed by atoms with van der Waals surface area (Å²) in [6.45, 7) is 5.47. The number of carbonyl (C=O) groups excluding carboxylic acids is 2. The molecule has 0 saturated carbocycles. The highest BCUT2D eigenvalue weighted by atomic mass is 16.2. The molecule has 1 aromatic carbocycles. The van der Waals surface area contributed by atoms with Crippen molar-refractivity contribution in [1.29, 1.82) is 0 Å². The predicted octanol–water partition coefficient (Wildman–Crippen LogP) is 1.76. The minimum atomic E-state index is -0.108. The van der Waals surface area contributed by atoms with Crippen LogP contribution < -0.4 is 16.0 Å². The summed E-state index contributed by atoms with van der Waals surface area (Å²) in [7, 11) is 0. The first kappa shape index (κ1) is 16.0. The van der Waals surface area contributed by atoms with Crippen molar-refractivity contribution in [2.45, 2.75) is 26.7 Å². The topological polar surface area (TPSA) is 70.2 Å². The molecule has 0 aromatic heterocycles. The number of unbranched alkanes of at least 4 members (excludes halogenated alkanes) is 1. The molecule has 0 saturated heterocycles. The van der Waals surface area contributed by atoms with Gasteiger partial charge in [-0.1, -0.05) is 19.4 Å². The molecule has 2 amide bonds. The zero-order chi connectivity index (χ0) is 14.8. The minimum Gasteiger partial charge on any atom is -0.376 e. The van der Waals surface area contributed by atoms with Crippen molar-refractivity contribution in [2.24, 2.45) is 0 Å². The Balaban J connectivity index is 2.46. The van der Waals surface area contributed by atoms with Crippen LogP contribution in [0.4, 0.5) is 5.69 Å². The minimum absolute atomic E-state index is 0.0399. The molecule has 0 bridgehead atoms. The van der Waals surface area contributed by atoms with Gasteiger partial charge in [0.1, 0.15) is 0 Å². The van der Waals surface area contributed by atoms with Gasteiger partial charge in [-0.2, -0.15) is 0 Å². The molecule has 5 nitrogen and oxygen atoms in total. The Bertz CT molecular complexity index is 446. The van der Waals surface area contributed by atoms with Gasteiger partial charge in [0.05, 0.1) is 6.54 Å². The van der Waals surface area contributed by atoms with E-state index in [0.29, 0.717) is 18.7 Å². The van der Waals surface area contributed by atoms with Gasteiger partial charge in [0.2, 0.25) is 5.91 Å². The first-order chi connectivity index (χ1) is 9.67. The highest BCUT2D eigenvalue weighted by molar-refractivity contribution is 5.95. The SMILES string of the molecule is CCCCNC(=O)CNc1cccc(C(=O)NCC)c1. The molecule has 0 heterocycles. The number of benzene rings is 1. The standard InChI is InChI=1S/C15H23N3O2/c1-3-5-9-17-14(19)11-18-13-8-6-7-12(10-13)15(20)16-4-2/h6-8,10,18H,3-5,9,11H2,1-2H3,(H,16,20)(H,17,19). The quantitative estimate of drug-likeness (QED) is 0.634. The van der Waals surface area contributed by atoms with Gasteiger partial charge in [-0.05, 0) is 31.5 Å². The second-order valence-corrected chi connectivity index (χ2v) is 4.50. The van der Waals surface area contributed by atoms with Crippen LogP contribution in [0.25, 0.3) is 0 Å². The number of hydrogen-bond acceptors (Lipinski definition) is 3. The first-order valence-electron chi connectivity index (χ1n) is 7.06. The highest BCUT2D eigenvalue weighted by Crippen LogP contribution is 2.10. The smallest absolute Gasteiger partial charge is 0.251 e. The van der Waals surface area contributed by atoms with Gasteiger partial charge in [-0.3, -0.25) is 9.59 Å². The third-order valence-electron chi connectivity index (χ3n) is 2.77. The van der Waals surface area contributed by atoms with Gasteiger partial charge in [0.25, 0.3) is 5.91 Å². The fourth-order valence-electron chi connectivity index (χ4n) is 1.68. The lowest BCUT2D eigenvalue weighted by atomic mass is 10.2. The summed E-state index contributed by atoms with van der Waals surface area (Å²) in [6, 6.07) is 7.12. The van der Waals surface area contributed by atoms with E-state index in [0.717, 1.165) is 18.5 Å². The van der Waals surface area contributed by atoms with Gasteiger partial charge in [0, 0.05) is 24.3 Å². The number of nitrogens with one attached hydrogen (secondary N) is 3. The molecule has 0 spiro atoms. The van der Waals surface area contributed by atoms with Gasteiger partial charge < -0.3 is 16.0 Å². The van der Waals surface area contributed by atoms with E-state index >= 15 is 0 Å². The molecule has 1 rings (SSSR count). The van der Waals surface area contributed by atoms with Gasteiger partial charge >= 0.3 is 0 Å². The van der Waals surface area contributed by atoms with Crippen molar-refractivity contribution in [1.82, 2.24) is 10.6 Å². The zero-order valence-corrected chi connectivity index (χ0v) is 12.2. The molecule has 110 valence electrons. The summed E-state index contributed by atoms with van der Waals surface area (Å²) < 4.78 is 0. The average Bonchev–Trinajstić information content (AvgIpc) is 2.46.